The van der Waals surface area contributed by atoms with E-state index >= 15 is 0 Å². The van der Waals surface area contributed by atoms with Crippen molar-refractivity contribution >= 4 is 5.69 Å². The maximum atomic E-state index is 13.7. The Balaban J connectivity index is 2.21. The van der Waals surface area contributed by atoms with Gasteiger partial charge in [-0.05, 0) is 12.8 Å². The zero-order chi connectivity index (χ0) is 13.1. The summed E-state index contributed by atoms with van der Waals surface area (Å²) < 4.78 is 40.2. The molecule has 0 bridgehead atoms. The number of nitrogens with one attached hydrogen (secondary N) is 1. The van der Waals surface area contributed by atoms with Crippen molar-refractivity contribution in [1.29, 1.82) is 0 Å². The predicted molar refractivity (Wildman–Crippen MR) is 65.2 cm³/mol. The van der Waals surface area contributed by atoms with Gasteiger partial charge in [0.05, 0.1) is 0 Å². The Morgan fingerprint density at radius 3 is 2.50 bits per heavy atom. The highest BCUT2D eigenvalue weighted by atomic mass is 19.1. The molecule has 18 heavy (non-hydrogen) atoms. The summed E-state index contributed by atoms with van der Waals surface area (Å²) in [5.41, 5.74) is -0.116. The number of hydrogen-bond acceptors (Lipinski definition) is 2. The van der Waals surface area contributed by atoms with Gasteiger partial charge < -0.3 is 10.2 Å². The topological polar surface area (TPSA) is 15.3 Å². The molecule has 0 saturated carbocycles. The first-order valence-electron chi connectivity index (χ1n) is 6.24. The summed E-state index contributed by atoms with van der Waals surface area (Å²) in [6.45, 7) is 3.85. The summed E-state index contributed by atoms with van der Waals surface area (Å²) in [5, 5.41) is 3.32. The first-order chi connectivity index (χ1) is 8.61. The molecule has 1 atom stereocenters. The minimum Gasteiger partial charge on any atom is -0.365 e. The van der Waals surface area contributed by atoms with Crippen molar-refractivity contribution in [3.8, 4) is 0 Å². The number of benzene rings is 1. The fourth-order valence-electron chi connectivity index (χ4n) is 2.34. The molecule has 100 valence electrons. The first kappa shape index (κ1) is 13.2. The van der Waals surface area contributed by atoms with Crippen LogP contribution in [0.15, 0.2) is 12.1 Å². The molecule has 1 aromatic carbocycles. The molecule has 1 unspecified atom stereocenters. The average Bonchev–Trinajstić information content (AvgIpc) is 2.53. The molecule has 0 radical (unpaired) electrons. The Hall–Kier alpha value is -1.23. The molecular weight excluding hydrogens is 241 g/mol. The van der Waals surface area contributed by atoms with Crippen LogP contribution in [0.4, 0.5) is 18.9 Å². The van der Waals surface area contributed by atoms with Gasteiger partial charge in [-0.15, -0.1) is 0 Å². The van der Waals surface area contributed by atoms with E-state index in [0.29, 0.717) is 25.7 Å². The molecule has 1 N–H and O–H groups in total. The largest absolute Gasteiger partial charge is 0.365 e. The van der Waals surface area contributed by atoms with Crippen molar-refractivity contribution in [3.05, 3.63) is 29.6 Å². The Morgan fingerprint density at radius 1 is 1.22 bits per heavy atom. The first-order valence-corrected chi connectivity index (χ1v) is 6.24. The zero-order valence-corrected chi connectivity index (χ0v) is 10.3. The van der Waals surface area contributed by atoms with Gasteiger partial charge in [-0.25, -0.2) is 13.2 Å². The third-order valence-corrected chi connectivity index (χ3v) is 3.35. The van der Waals surface area contributed by atoms with Crippen LogP contribution in [0.1, 0.15) is 19.8 Å². The van der Waals surface area contributed by atoms with E-state index in [1.165, 1.54) is 0 Å². The molecule has 1 aliphatic rings. The molecular formula is C13H17F3N2. The van der Waals surface area contributed by atoms with E-state index in [1.807, 2.05) is 0 Å². The van der Waals surface area contributed by atoms with E-state index < -0.39 is 17.5 Å². The lowest BCUT2D eigenvalue weighted by Crippen LogP contribution is -2.30. The lowest BCUT2D eigenvalue weighted by molar-refractivity contribution is 0.508. The second kappa shape index (κ2) is 5.61. The predicted octanol–water partition coefficient (Wildman–Crippen LogP) is 2.68. The van der Waals surface area contributed by atoms with Crippen LogP contribution in [-0.4, -0.2) is 25.7 Å². The quantitative estimate of drug-likeness (QED) is 0.877. The van der Waals surface area contributed by atoms with Gasteiger partial charge in [-0.1, -0.05) is 6.92 Å². The summed E-state index contributed by atoms with van der Waals surface area (Å²) in [6, 6.07) is 1.84. The molecule has 0 aromatic heterocycles. The molecule has 1 fully saturated rings. The van der Waals surface area contributed by atoms with E-state index in [0.717, 1.165) is 25.0 Å². The fraction of sp³-hybridized carbons (Fsp3) is 0.538. The van der Waals surface area contributed by atoms with Crippen LogP contribution in [0, 0.1) is 17.5 Å². The Labute approximate surface area is 105 Å². The van der Waals surface area contributed by atoms with Crippen molar-refractivity contribution in [2.24, 2.45) is 0 Å². The van der Waals surface area contributed by atoms with Gasteiger partial charge in [-0.2, -0.15) is 0 Å². The maximum absolute atomic E-state index is 13.7. The average molecular weight is 258 g/mol. The Bertz CT molecular complexity index is 400. The minimum atomic E-state index is -0.881. The van der Waals surface area contributed by atoms with Gasteiger partial charge in [0.2, 0.25) is 0 Å². The van der Waals surface area contributed by atoms with E-state index in [9.17, 15) is 13.2 Å². The molecule has 1 aromatic rings. The van der Waals surface area contributed by atoms with Gasteiger partial charge in [0.15, 0.2) is 11.6 Å². The van der Waals surface area contributed by atoms with Crippen molar-refractivity contribution in [1.82, 2.24) is 5.32 Å². The van der Waals surface area contributed by atoms with Crippen molar-refractivity contribution in [3.63, 3.8) is 0 Å². The monoisotopic (exact) mass is 258 g/mol. The number of rotatable bonds is 2. The second-order valence-corrected chi connectivity index (χ2v) is 4.55. The lowest BCUT2D eigenvalue weighted by Gasteiger charge is -2.23. The van der Waals surface area contributed by atoms with E-state index in [4.69, 9.17) is 0 Å². The second-order valence-electron chi connectivity index (χ2n) is 4.55. The Kier molecular flexibility index (Phi) is 4.11. The summed E-state index contributed by atoms with van der Waals surface area (Å²) in [7, 11) is 0. The highest BCUT2D eigenvalue weighted by molar-refractivity contribution is 5.49. The van der Waals surface area contributed by atoms with Gasteiger partial charge in [0.25, 0.3) is 0 Å². The molecule has 0 aliphatic carbocycles. The minimum absolute atomic E-state index is 0.116. The highest BCUT2D eigenvalue weighted by Gasteiger charge is 2.21. The molecule has 1 saturated heterocycles. The fourth-order valence-corrected chi connectivity index (χ4v) is 2.34. The van der Waals surface area contributed by atoms with Crippen LogP contribution >= 0.6 is 0 Å². The van der Waals surface area contributed by atoms with Gasteiger partial charge in [-0.3, -0.25) is 0 Å². The number of nitrogens with zero attached hydrogens (tertiary/aromatic N) is 1. The standard InChI is InChI=1S/C13H17F3N2/c1-2-10-3-5-18(6-4-17-10)13-11(15)7-9(14)8-12(13)16/h7-8,10,17H,2-6H2,1H3. The normalized spacial score (nSPS) is 20.9. The van der Waals surface area contributed by atoms with Crippen molar-refractivity contribution < 1.29 is 13.2 Å². The summed E-state index contributed by atoms with van der Waals surface area (Å²) in [6.07, 6.45) is 1.81. The molecule has 1 heterocycles. The molecule has 5 heteroatoms. The van der Waals surface area contributed by atoms with Crippen LogP contribution in [0.2, 0.25) is 0 Å². The van der Waals surface area contributed by atoms with Crippen molar-refractivity contribution in [2.75, 3.05) is 24.5 Å². The number of halogens is 3. The third kappa shape index (κ3) is 2.77. The lowest BCUT2D eigenvalue weighted by atomic mass is 10.1. The van der Waals surface area contributed by atoms with Crippen LogP contribution in [-0.2, 0) is 0 Å². The van der Waals surface area contributed by atoms with Crippen molar-refractivity contribution in [2.45, 2.75) is 25.8 Å². The summed E-state index contributed by atoms with van der Waals surface area (Å²) >= 11 is 0. The molecule has 2 nitrogen and oxygen atoms in total. The van der Waals surface area contributed by atoms with Gasteiger partial charge in [0.1, 0.15) is 11.5 Å². The van der Waals surface area contributed by atoms with E-state index in [1.54, 1.807) is 4.90 Å². The molecule has 0 spiro atoms. The third-order valence-electron chi connectivity index (χ3n) is 3.35. The summed E-state index contributed by atoms with van der Waals surface area (Å²) in [4.78, 5) is 1.65. The SMILES string of the molecule is CCC1CCN(c2c(F)cc(F)cc2F)CCN1. The number of hydrogen-bond donors (Lipinski definition) is 1. The molecule has 1 aliphatic heterocycles. The van der Waals surface area contributed by atoms with Crippen LogP contribution in [0.25, 0.3) is 0 Å². The highest BCUT2D eigenvalue weighted by Crippen LogP contribution is 2.25. The van der Waals surface area contributed by atoms with E-state index in [-0.39, 0.29) is 5.69 Å². The van der Waals surface area contributed by atoms with Crippen LogP contribution < -0.4 is 10.2 Å². The van der Waals surface area contributed by atoms with Gasteiger partial charge >= 0.3 is 0 Å². The molecule has 0 amide bonds. The van der Waals surface area contributed by atoms with Gasteiger partial charge in [0, 0.05) is 37.8 Å². The Morgan fingerprint density at radius 2 is 1.89 bits per heavy atom. The zero-order valence-electron chi connectivity index (χ0n) is 10.3. The number of anilines is 1. The smallest absolute Gasteiger partial charge is 0.152 e. The molecule has 2 rings (SSSR count). The van der Waals surface area contributed by atoms with Crippen LogP contribution in [0.3, 0.4) is 0 Å². The van der Waals surface area contributed by atoms with E-state index in [2.05, 4.69) is 12.2 Å². The maximum Gasteiger partial charge on any atom is 0.152 e. The summed E-state index contributed by atoms with van der Waals surface area (Å²) in [5.74, 6) is -2.54. The van der Waals surface area contributed by atoms with Crippen LogP contribution in [0.5, 0.6) is 0 Å².